The molecule has 2 nitrogen and oxygen atoms in total. The molecule has 1 amide bonds. The summed E-state index contributed by atoms with van der Waals surface area (Å²) in [6.45, 7) is 12.6. The lowest BCUT2D eigenvalue weighted by Gasteiger charge is -2.35. The molecule has 0 heterocycles. The molecule has 1 atom stereocenters. The molecule has 0 rings (SSSR count). The Labute approximate surface area is 94.4 Å². The number of rotatable bonds is 4. The Bertz CT molecular complexity index is 225. The molecule has 0 aromatic rings. The van der Waals surface area contributed by atoms with E-state index in [9.17, 15) is 4.79 Å². The fourth-order valence-corrected chi connectivity index (χ4v) is 1.25. The van der Waals surface area contributed by atoms with Crippen molar-refractivity contribution in [3.63, 3.8) is 0 Å². The van der Waals surface area contributed by atoms with Gasteiger partial charge in [0.2, 0.25) is 5.91 Å². The minimum atomic E-state index is 0.114. The quantitative estimate of drug-likeness (QED) is 0.696. The molecule has 0 aliphatic carbocycles. The van der Waals surface area contributed by atoms with Gasteiger partial charge in [0.15, 0.2) is 0 Å². The molecule has 0 saturated carbocycles. The first kappa shape index (κ1) is 14.2. The maximum Gasteiger partial charge on any atom is 0.226 e. The van der Waals surface area contributed by atoms with Crippen molar-refractivity contribution in [2.24, 2.45) is 5.41 Å². The summed E-state index contributed by atoms with van der Waals surface area (Å²) in [5.74, 6) is 0.196. The monoisotopic (exact) mass is 211 g/mol. The topological polar surface area (TPSA) is 20.3 Å². The van der Waals surface area contributed by atoms with Crippen LogP contribution in [-0.4, -0.2) is 16.8 Å². The van der Waals surface area contributed by atoms with Crippen LogP contribution in [0.25, 0.3) is 0 Å². The summed E-state index contributed by atoms with van der Waals surface area (Å²) in [7, 11) is 0. The molecule has 15 heavy (non-hydrogen) atoms. The van der Waals surface area contributed by atoms with E-state index < -0.39 is 0 Å². The number of amides is 1. The average molecular weight is 211 g/mol. The van der Waals surface area contributed by atoms with Crippen molar-refractivity contribution in [1.82, 2.24) is 4.90 Å². The highest BCUT2D eigenvalue weighted by Crippen LogP contribution is 2.24. The minimum absolute atomic E-state index is 0.114. The molecule has 0 N–H and O–H groups in total. The summed E-state index contributed by atoms with van der Waals surface area (Å²) in [5.41, 5.74) is 0.114. The molecule has 0 bridgehead atoms. The fraction of sp³-hybridized carbons (Fsp3) is 0.769. The molecule has 88 valence electrons. The van der Waals surface area contributed by atoms with E-state index in [4.69, 9.17) is 0 Å². The van der Waals surface area contributed by atoms with E-state index in [2.05, 4.69) is 34.6 Å². The van der Waals surface area contributed by atoms with Crippen LogP contribution < -0.4 is 0 Å². The Kier molecular flexibility index (Phi) is 5.63. The van der Waals surface area contributed by atoms with Crippen LogP contribution in [0, 0.1) is 5.41 Å². The summed E-state index contributed by atoms with van der Waals surface area (Å²) < 4.78 is 0. The third-order valence-corrected chi connectivity index (χ3v) is 2.76. The zero-order chi connectivity index (χ0) is 12.1. The van der Waals surface area contributed by atoms with Crippen molar-refractivity contribution in [1.29, 1.82) is 0 Å². The van der Waals surface area contributed by atoms with E-state index in [1.807, 2.05) is 24.1 Å². The number of hydrogen-bond donors (Lipinski definition) is 0. The summed E-state index contributed by atoms with van der Waals surface area (Å²) in [4.78, 5) is 13.6. The third-order valence-electron chi connectivity index (χ3n) is 2.76. The zero-order valence-corrected chi connectivity index (χ0v) is 11.0. The van der Waals surface area contributed by atoms with E-state index >= 15 is 0 Å². The first-order valence-electron chi connectivity index (χ1n) is 5.82. The molecular formula is C13H25NO. The van der Waals surface area contributed by atoms with Crippen molar-refractivity contribution >= 4 is 5.91 Å². The lowest BCUT2D eigenvalue weighted by Crippen LogP contribution is -2.42. The molecule has 0 spiro atoms. The van der Waals surface area contributed by atoms with Crippen LogP contribution in [-0.2, 0) is 4.79 Å². The summed E-state index contributed by atoms with van der Waals surface area (Å²) in [5, 5.41) is 0. The predicted octanol–water partition coefficient (Wildman–Crippen LogP) is 3.58. The van der Waals surface area contributed by atoms with E-state index in [0.717, 1.165) is 6.42 Å². The maximum atomic E-state index is 11.8. The Balaban J connectivity index is 4.78. The Morgan fingerprint density at radius 1 is 1.33 bits per heavy atom. The van der Waals surface area contributed by atoms with E-state index in [-0.39, 0.29) is 17.4 Å². The molecule has 0 aliphatic heterocycles. The van der Waals surface area contributed by atoms with Gasteiger partial charge in [-0.15, -0.1) is 0 Å². The second-order valence-electron chi connectivity index (χ2n) is 4.99. The van der Waals surface area contributed by atoms with Crippen molar-refractivity contribution in [2.75, 3.05) is 0 Å². The summed E-state index contributed by atoms with van der Waals surface area (Å²) >= 11 is 0. The molecular weight excluding hydrogens is 186 g/mol. The van der Waals surface area contributed by atoms with Crippen molar-refractivity contribution in [3.05, 3.63) is 12.3 Å². The van der Waals surface area contributed by atoms with Gasteiger partial charge in [-0.1, -0.05) is 40.7 Å². The largest absolute Gasteiger partial charge is 0.316 e. The normalized spacial score (nSPS) is 14.3. The van der Waals surface area contributed by atoms with Gasteiger partial charge < -0.3 is 4.90 Å². The zero-order valence-electron chi connectivity index (χ0n) is 11.0. The SMILES string of the molecule is CCC=CN(C(=O)CC)C(C)C(C)(C)C. The van der Waals surface area contributed by atoms with Gasteiger partial charge >= 0.3 is 0 Å². The van der Waals surface area contributed by atoms with Crippen LogP contribution in [0.4, 0.5) is 0 Å². The molecule has 0 saturated heterocycles. The molecule has 2 heteroatoms. The smallest absolute Gasteiger partial charge is 0.226 e. The van der Waals surface area contributed by atoms with Crippen LogP contribution in [0.2, 0.25) is 0 Å². The van der Waals surface area contributed by atoms with Crippen molar-refractivity contribution in [2.45, 2.75) is 60.4 Å². The van der Waals surface area contributed by atoms with Gasteiger partial charge in [0.05, 0.1) is 0 Å². The van der Waals surface area contributed by atoms with Crippen LogP contribution in [0.5, 0.6) is 0 Å². The Morgan fingerprint density at radius 3 is 2.20 bits per heavy atom. The Hall–Kier alpha value is -0.790. The van der Waals surface area contributed by atoms with Gasteiger partial charge in [-0.3, -0.25) is 4.79 Å². The molecule has 1 unspecified atom stereocenters. The highest BCUT2D eigenvalue weighted by molar-refractivity contribution is 5.77. The fourth-order valence-electron chi connectivity index (χ4n) is 1.25. The third kappa shape index (κ3) is 4.50. The molecule has 0 radical (unpaired) electrons. The number of carbonyl (C=O) groups excluding carboxylic acids is 1. The lowest BCUT2D eigenvalue weighted by molar-refractivity contribution is -0.131. The van der Waals surface area contributed by atoms with E-state index in [0.29, 0.717) is 6.42 Å². The second kappa shape index (κ2) is 5.94. The van der Waals surface area contributed by atoms with Gasteiger partial charge in [-0.2, -0.15) is 0 Å². The molecule has 0 aromatic carbocycles. The molecule has 0 fully saturated rings. The Morgan fingerprint density at radius 2 is 1.87 bits per heavy atom. The summed E-state index contributed by atoms with van der Waals surface area (Å²) in [6.07, 6.45) is 5.50. The maximum absolute atomic E-state index is 11.8. The number of allylic oxidation sites excluding steroid dienone is 1. The van der Waals surface area contributed by atoms with Gasteiger partial charge in [0.25, 0.3) is 0 Å². The number of carbonyl (C=O) groups is 1. The van der Waals surface area contributed by atoms with Crippen molar-refractivity contribution in [3.8, 4) is 0 Å². The van der Waals surface area contributed by atoms with Gasteiger partial charge in [0.1, 0.15) is 0 Å². The summed E-state index contributed by atoms with van der Waals surface area (Å²) in [6, 6.07) is 0.229. The predicted molar refractivity (Wildman–Crippen MR) is 65.5 cm³/mol. The first-order chi connectivity index (χ1) is 6.84. The van der Waals surface area contributed by atoms with Crippen molar-refractivity contribution < 1.29 is 4.79 Å². The van der Waals surface area contributed by atoms with Crippen LogP contribution >= 0.6 is 0 Å². The number of hydrogen-bond acceptors (Lipinski definition) is 1. The first-order valence-corrected chi connectivity index (χ1v) is 5.82. The lowest BCUT2D eigenvalue weighted by atomic mass is 9.87. The molecule has 0 aromatic heterocycles. The van der Waals surface area contributed by atoms with Gasteiger partial charge in [-0.25, -0.2) is 0 Å². The van der Waals surface area contributed by atoms with Crippen LogP contribution in [0.3, 0.4) is 0 Å². The number of nitrogens with zero attached hydrogens (tertiary/aromatic N) is 1. The van der Waals surface area contributed by atoms with Gasteiger partial charge in [-0.05, 0) is 18.8 Å². The van der Waals surface area contributed by atoms with Crippen LogP contribution in [0.1, 0.15) is 54.4 Å². The standard InChI is InChI=1S/C13H25NO/c1-7-9-10-14(12(15)8-2)11(3)13(4,5)6/h9-11H,7-8H2,1-6H3. The average Bonchev–Trinajstić information content (AvgIpc) is 2.16. The van der Waals surface area contributed by atoms with E-state index in [1.165, 1.54) is 0 Å². The van der Waals surface area contributed by atoms with E-state index in [1.54, 1.807) is 0 Å². The second-order valence-corrected chi connectivity index (χ2v) is 4.99. The minimum Gasteiger partial charge on any atom is -0.316 e. The highest BCUT2D eigenvalue weighted by atomic mass is 16.2. The van der Waals surface area contributed by atoms with Gasteiger partial charge in [0, 0.05) is 18.7 Å². The van der Waals surface area contributed by atoms with Crippen LogP contribution in [0.15, 0.2) is 12.3 Å². The molecule has 0 aliphatic rings. The highest BCUT2D eigenvalue weighted by Gasteiger charge is 2.27.